The second kappa shape index (κ2) is 8.55. The normalized spacial score (nSPS) is 21.1. The largest absolute Gasteiger partial charge is 0.368 e. The van der Waals surface area contributed by atoms with Crippen LogP contribution in [0.3, 0.4) is 0 Å². The van der Waals surface area contributed by atoms with Gasteiger partial charge in [0.1, 0.15) is 11.6 Å². The van der Waals surface area contributed by atoms with Gasteiger partial charge in [0.05, 0.1) is 6.04 Å². The van der Waals surface area contributed by atoms with E-state index in [1.807, 2.05) is 0 Å². The van der Waals surface area contributed by atoms with Gasteiger partial charge >= 0.3 is 0 Å². The molecule has 4 rings (SSSR count). The molecule has 1 saturated heterocycles. The Labute approximate surface area is 178 Å². The molecule has 2 unspecified atom stereocenters. The van der Waals surface area contributed by atoms with Crippen molar-refractivity contribution in [1.29, 1.82) is 0 Å². The molecule has 160 valence electrons. The van der Waals surface area contributed by atoms with E-state index in [0.29, 0.717) is 12.0 Å². The summed E-state index contributed by atoms with van der Waals surface area (Å²) in [5.74, 6) is 2.17. The number of azo groups is 1. The summed E-state index contributed by atoms with van der Waals surface area (Å²) >= 11 is 0. The third-order valence-corrected chi connectivity index (χ3v) is 6.23. The lowest BCUT2D eigenvalue weighted by molar-refractivity contribution is 0.312. The third kappa shape index (κ3) is 4.23. The highest BCUT2D eigenvalue weighted by Crippen LogP contribution is 2.31. The molecule has 0 amide bonds. The van der Waals surface area contributed by atoms with Crippen LogP contribution in [0.2, 0.25) is 0 Å². The summed E-state index contributed by atoms with van der Waals surface area (Å²) in [4.78, 5) is 16.1. The zero-order valence-electron chi connectivity index (χ0n) is 18.4. The van der Waals surface area contributed by atoms with Gasteiger partial charge in [-0.15, -0.1) is 0 Å². The zero-order chi connectivity index (χ0) is 21.3. The van der Waals surface area contributed by atoms with Crippen LogP contribution in [0.15, 0.2) is 34.5 Å². The fraction of sp³-hybridized carbons (Fsp3) is 0.545. The summed E-state index contributed by atoms with van der Waals surface area (Å²) in [5.41, 5.74) is 10.0. The molecule has 2 aliphatic heterocycles. The van der Waals surface area contributed by atoms with Crippen LogP contribution >= 0.6 is 0 Å². The third-order valence-electron chi connectivity index (χ3n) is 6.23. The van der Waals surface area contributed by atoms with Gasteiger partial charge in [-0.25, -0.2) is 0 Å². The van der Waals surface area contributed by atoms with E-state index in [1.165, 1.54) is 16.7 Å². The number of hydrogen-bond acceptors (Lipinski definition) is 8. The number of nitrogens with two attached hydrogens (primary N) is 1. The van der Waals surface area contributed by atoms with E-state index < -0.39 is 0 Å². The Morgan fingerprint density at radius 3 is 2.53 bits per heavy atom. The second-order valence-corrected chi connectivity index (χ2v) is 8.43. The fourth-order valence-electron chi connectivity index (χ4n) is 4.35. The maximum Gasteiger partial charge on any atom is 0.223 e. The number of anilines is 3. The highest BCUT2D eigenvalue weighted by atomic mass is 15.3. The highest BCUT2D eigenvalue weighted by molar-refractivity contribution is 5.56. The van der Waals surface area contributed by atoms with Crippen LogP contribution in [-0.4, -0.2) is 61.2 Å². The monoisotopic (exact) mass is 408 g/mol. The average molecular weight is 409 g/mol. The van der Waals surface area contributed by atoms with Gasteiger partial charge in [0.2, 0.25) is 5.95 Å². The van der Waals surface area contributed by atoms with E-state index in [1.54, 1.807) is 7.05 Å². The summed E-state index contributed by atoms with van der Waals surface area (Å²) in [6, 6.07) is 9.18. The van der Waals surface area contributed by atoms with Gasteiger partial charge in [0.15, 0.2) is 0 Å². The Morgan fingerprint density at radius 1 is 1.07 bits per heavy atom. The Morgan fingerprint density at radius 2 is 1.80 bits per heavy atom. The van der Waals surface area contributed by atoms with Crippen molar-refractivity contribution in [2.45, 2.75) is 38.9 Å². The Bertz CT molecular complexity index is 919. The molecule has 1 fully saturated rings. The smallest absolute Gasteiger partial charge is 0.223 e. The number of nitrogen functional groups attached to an aromatic ring is 1. The molecule has 0 aliphatic carbocycles. The molecule has 0 radical (unpaired) electrons. The van der Waals surface area contributed by atoms with Crippen LogP contribution in [-0.2, 0) is 13.0 Å². The van der Waals surface area contributed by atoms with E-state index in [2.05, 4.69) is 80.1 Å². The predicted octanol–water partition coefficient (Wildman–Crippen LogP) is 2.90. The summed E-state index contributed by atoms with van der Waals surface area (Å²) < 4.78 is 0. The topological polar surface area (TPSA) is 86.2 Å². The van der Waals surface area contributed by atoms with Gasteiger partial charge in [-0.3, -0.25) is 0 Å². The lowest BCUT2D eigenvalue weighted by Crippen LogP contribution is -2.45. The first-order valence-electron chi connectivity index (χ1n) is 10.7. The molecule has 3 heterocycles. The van der Waals surface area contributed by atoms with E-state index in [4.69, 9.17) is 5.73 Å². The second-order valence-electron chi connectivity index (χ2n) is 8.43. The lowest BCUT2D eigenvalue weighted by Gasteiger charge is -2.37. The predicted molar refractivity (Wildman–Crippen MR) is 121 cm³/mol. The number of rotatable bonds is 4. The van der Waals surface area contributed by atoms with Gasteiger partial charge in [-0.1, -0.05) is 18.2 Å². The van der Waals surface area contributed by atoms with Crippen molar-refractivity contribution in [3.05, 3.63) is 41.0 Å². The van der Waals surface area contributed by atoms with Gasteiger partial charge in [0.25, 0.3) is 0 Å². The summed E-state index contributed by atoms with van der Waals surface area (Å²) in [6.45, 7) is 9.10. The standard InChI is InChI=1S/C22H32N8/c1-15-11-18-6-5-17(16(2)27-24-3)12-19(18)14-30(15)21-13-20(25-22(23)26-21)29-9-7-28(4)8-10-29/h5-6,12-13,15-16H,7-11,14H2,1-4H3,(H2,23,25,26). The fourth-order valence-corrected chi connectivity index (χ4v) is 4.35. The molecule has 8 heteroatoms. The van der Waals surface area contributed by atoms with Crippen LogP contribution < -0.4 is 15.5 Å². The molecule has 30 heavy (non-hydrogen) atoms. The zero-order valence-corrected chi connectivity index (χ0v) is 18.4. The Balaban J connectivity index is 1.61. The lowest BCUT2D eigenvalue weighted by atomic mass is 9.92. The van der Waals surface area contributed by atoms with Gasteiger partial charge < -0.3 is 20.4 Å². The van der Waals surface area contributed by atoms with Crippen molar-refractivity contribution < 1.29 is 0 Å². The SMILES string of the molecule is CN=NC(C)c1ccc2c(c1)CN(c1cc(N3CCN(C)CC3)nc(N)n1)C(C)C2. The number of fused-ring (bicyclic) bond motifs is 1. The number of aromatic nitrogens is 2. The van der Waals surface area contributed by atoms with Crippen LogP contribution in [0.1, 0.15) is 36.6 Å². The van der Waals surface area contributed by atoms with Crippen LogP contribution in [0.4, 0.5) is 17.6 Å². The average Bonchev–Trinajstić information content (AvgIpc) is 2.73. The first-order valence-corrected chi connectivity index (χ1v) is 10.7. The molecular weight excluding hydrogens is 376 g/mol. The molecule has 2 atom stereocenters. The molecule has 0 bridgehead atoms. The van der Waals surface area contributed by atoms with E-state index in [-0.39, 0.29) is 6.04 Å². The van der Waals surface area contributed by atoms with E-state index >= 15 is 0 Å². The molecule has 2 N–H and O–H groups in total. The molecule has 0 saturated carbocycles. The minimum atomic E-state index is 0.0617. The van der Waals surface area contributed by atoms with Gasteiger partial charge in [-0.05, 0) is 44.0 Å². The van der Waals surface area contributed by atoms with Crippen molar-refractivity contribution in [3.8, 4) is 0 Å². The van der Waals surface area contributed by atoms with Crippen LogP contribution in [0.5, 0.6) is 0 Å². The van der Waals surface area contributed by atoms with E-state index in [9.17, 15) is 0 Å². The maximum absolute atomic E-state index is 6.13. The van der Waals surface area contributed by atoms with Crippen molar-refractivity contribution in [3.63, 3.8) is 0 Å². The minimum absolute atomic E-state index is 0.0617. The summed E-state index contributed by atoms with van der Waals surface area (Å²) in [5, 5.41) is 8.22. The quantitative estimate of drug-likeness (QED) is 0.783. The maximum atomic E-state index is 6.13. The molecule has 1 aromatic carbocycles. The Hall–Kier alpha value is -2.74. The number of nitrogens with zero attached hydrogens (tertiary/aromatic N) is 7. The van der Waals surface area contributed by atoms with E-state index in [0.717, 1.165) is 50.8 Å². The summed E-state index contributed by atoms with van der Waals surface area (Å²) in [7, 11) is 3.87. The molecule has 2 aromatic rings. The van der Waals surface area contributed by atoms with Crippen molar-refractivity contribution in [2.24, 2.45) is 10.2 Å². The van der Waals surface area contributed by atoms with Crippen LogP contribution in [0.25, 0.3) is 0 Å². The van der Waals surface area contributed by atoms with Crippen molar-refractivity contribution in [2.75, 3.05) is 55.8 Å². The minimum Gasteiger partial charge on any atom is -0.368 e. The molecule has 8 nitrogen and oxygen atoms in total. The summed E-state index contributed by atoms with van der Waals surface area (Å²) in [6.07, 6.45) is 0.979. The molecule has 1 aromatic heterocycles. The van der Waals surface area contributed by atoms with Gasteiger partial charge in [-0.2, -0.15) is 20.2 Å². The number of hydrogen-bond donors (Lipinski definition) is 1. The first kappa shape index (κ1) is 20.5. The van der Waals surface area contributed by atoms with Crippen molar-refractivity contribution >= 4 is 17.6 Å². The van der Waals surface area contributed by atoms with Gasteiger partial charge in [0, 0.05) is 51.9 Å². The molecule has 2 aliphatic rings. The number of piperazine rings is 1. The first-order chi connectivity index (χ1) is 14.4. The molecular formula is C22H32N8. The number of likely N-dealkylation sites (N-methyl/N-ethyl adjacent to an activating group) is 1. The Kier molecular flexibility index (Phi) is 5.85. The number of benzene rings is 1. The molecule has 0 spiro atoms. The highest BCUT2D eigenvalue weighted by Gasteiger charge is 2.26. The van der Waals surface area contributed by atoms with Crippen LogP contribution in [0, 0.1) is 0 Å². The van der Waals surface area contributed by atoms with Crippen molar-refractivity contribution in [1.82, 2.24) is 14.9 Å².